The van der Waals surface area contributed by atoms with Gasteiger partial charge in [-0.2, -0.15) is 0 Å². The summed E-state index contributed by atoms with van der Waals surface area (Å²) in [6.45, 7) is 4.35. The van der Waals surface area contributed by atoms with Crippen LogP contribution < -0.4 is 9.47 Å². The smallest absolute Gasteiger partial charge is 0.268 e. The minimum Gasteiger partial charge on any atom is -0.454 e. The van der Waals surface area contributed by atoms with Crippen LogP contribution >= 0.6 is 0 Å². The van der Waals surface area contributed by atoms with E-state index in [-0.39, 0.29) is 18.7 Å². The number of ether oxygens (including phenoxy) is 2. The number of fused-ring (bicyclic) bond motifs is 2. The number of benzene rings is 1. The van der Waals surface area contributed by atoms with Crippen LogP contribution in [0.3, 0.4) is 0 Å². The van der Waals surface area contributed by atoms with Gasteiger partial charge in [0.05, 0.1) is 6.04 Å². The zero-order valence-corrected chi connectivity index (χ0v) is 13.0. The van der Waals surface area contributed by atoms with E-state index in [0.29, 0.717) is 5.75 Å². The zero-order valence-electron chi connectivity index (χ0n) is 13.0. The Morgan fingerprint density at radius 2 is 1.73 bits per heavy atom. The summed E-state index contributed by atoms with van der Waals surface area (Å²) in [7, 11) is 0. The normalized spacial score (nSPS) is 25.0. The van der Waals surface area contributed by atoms with Crippen LogP contribution in [-0.4, -0.2) is 41.8 Å². The molecule has 0 N–H and O–H groups in total. The van der Waals surface area contributed by atoms with E-state index < -0.39 is 0 Å². The number of hydrogen-bond acceptors (Lipinski definition) is 4. The van der Waals surface area contributed by atoms with Gasteiger partial charge in [0.15, 0.2) is 11.5 Å². The Morgan fingerprint density at radius 3 is 2.45 bits per heavy atom. The third-order valence-electron chi connectivity index (χ3n) is 4.86. The van der Waals surface area contributed by atoms with E-state index >= 15 is 0 Å². The molecular weight excluding hydrogens is 280 g/mol. The summed E-state index contributed by atoms with van der Waals surface area (Å²) in [4.78, 5) is 13.0. The molecule has 5 heteroatoms. The van der Waals surface area contributed by atoms with Crippen LogP contribution in [0.25, 0.3) is 0 Å². The fraction of sp³-hybridized carbons (Fsp3) is 0.588. The van der Waals surface area contributed by atoms with Crippen molar-refractivity contribution >= 4 is 5.91 Å². The summed E-state index contributed by atoms with van der Waals surface area (Å²) in [6.07, 6.45) is 5.74. The Labute approximate surface area is 130 Å². The Kier molecular flexibility index (Phi) is 3.45. The van der Waals surface area contributed by atoms with Gasteiger partial charge in [-0.25, -0.2) is 5.01 Å². The number of hydrogen-bond donors (Lipinski definition) is 0. The number of amides is 1. The van der Waals surface area contributed by atoms with Gasteiger partial charge < -0.3 is 9.47 Å². The van der Waals surface area contributed by atoms with Crippen molar-refractivity contribution in [3.63, 3.8) is 0 Å². The van der Waals surface area contributed by atoms with Gasteiger partial charge >= 0.3 is 0 Å². The second kappa shape index (κ2) is 5.47. The van der Waals surface area contributed by atoms with Crippen molar-refractivity contribution in [3.8, 4) is 11.5 Å². The van der Waals surface area contributed by atoms with Gasteiger partial charge in [-0.3, -0.25) is 9.80 Å². The Hall–Kier alpha value is -1.75. The molecule has 1 aromatic rings. The molecule has 1 aromatic carbocycles. The van der Waals surface area contributed by atoms with Crippen LogP contribution in [0.4, 0.5) is 0 Å². The van der Waals surface area contributed by atoms with Crippen molar-refractivity contribution in [2.24, 2.45) is 0 Å². The quantitative estimate of drug-likeness (QED) is 0.799. The number of carbonyl (C=O) groups is 1. The molecule has 3 aliphatic heterocycles. The third-order valence-corrected chi connectivity index (χ3v) is 4.86. The minimum atomic E-state index is 0.106. The summed E-state index contributed by atoms with van der Waals surface area (Å²) >= 11 is 0. The molecule has 5 nitrogen and oxygen atoms in total. The molecule has 1 fully saturated rings. The van der Waals surface area contributed by atoms with Crippen LogP contribution in [0.2, 0.25) is 0 Å². The van der Waals surface area contributed by atoms with E-state index in [1.54, 1.807) is 0 Å². The molecule has 1 unspecified atom stereocenters. The van der Waals surface area contributed by atoms with E-state index in [1.165, 1.54) is 25.7 Å². The van der Waals surface area contributed by atoms with Crippen LogP contribution in [0.15, 0.2) is 12.1 Å². The fourth-order valence-corrected chi connectivity index (χ4v) is 3.76. The molecule has 0 bridgehead atoms. The summed E-state index contributed by atoms with van der Waals surface area (Å²) < 4.78 is 10.9. The molecule has 1 atom stereocenters. The highest BCUT2D eigenvalue weighted by Gasteiger charge is 2.35. The van der Waals surface area contributed by atoms with Gasteiger partial charge in [-0.1, -0.05) is 12.8 Å². The zero-order chi connectivity index (χ0) is 15.1. The van der Waals surface area contributed by atoms with Crippen molar-refractivity contribution in [1.29, 1.82) is 0 Å². The summed E-state index contributed by atoms with van der Waals surface area (Å²) in [6, 6.07) is 4.03. The first-order valence-electron chi connectivity index (χ1n) is 8.25. The molecule has 1 saturated heterocycles. The van der Waals surface area contributed by atoms with E-state index in [1.807, 2.05) is 17.1 Å². The summed E-state index contributed by atoms with van der Waals surface area (Å²) in [5.41, 5.74) is 1.85. The van der Waals surface area contributed by atoms with Crippen molar-refractivity contribution in [2.75, 3.05) is 19.9 Å². The summed E-state index contributed by atoms with van der Waals surface area (Å²) in [5.74, 6) is 1.56. The maximum absolute atomic E-state index is 13.0. The molecule has 0 radical (unpaired) electrons. The Bertz CT molecular complexity index is 594. The molecule has 0 aliphatic carbocycles. The van der Waals surface area contributed by atoms with Crippen molar-refractivity contribution in [2.45, 2.75) is 45.1 Å². The molecule has 0 aromatic heterocycles. The summed E-state index contributed by atoms with van der Waals surface area (Å²) in [5, 5.41) is 4.24. The average Bonchev–Trinajstić information content (AvgIpc) is 2.79. The van der Waals surface area contributed by atoms with E-state index in [4.69, 9.17) is 9.47 Å². The molecule has 0 saturated carbocycles. The lowest BCUT2D eigenvalue weighted by Crippen LogP contribution is -2.54. The lowest BCUT2D eigenvalue weighted by Gasteiger charge is -2.42. The van der Waals surface area contributed by atoms with Gasteiger partial charge in [0.2, 0.25) is 6.79 Å². The fourth-order valence-electron chi connectivity index (χ4n) is 3.76. The standard InChI is InChI=1S/C17H22N2O3/c1-12-8-13-9-15-16(22-11-21-15)10-14(13)17(20)19(12)18-6-4-2-3-5-7-18/h9-10,12H,2-8,11H2,1H3. The highest BCUT2D eigenvalue weighted by Crippen LogP contribution is 2.38. The Morgan fingerprint density at radius 1 is 1.05 bits per heavy atom. The van der Waals surface area contributed by atoms with E-state index in [2.05, 4.69) is 11.9 Å². The first-order valence-corrected chi connectivity index (χ1v) is 8.25. The molecule has 3 aliphatic rings. The molecule has 3 heterocycles. The van der Waals surface area contributed by atoms with E-state index in [9.17, 15) is 4.79 Å². The third kappa shape index (κ3) is 2.24. The second-order valence-electron chi connectivity index (χ2n) is 6.43. The number of hydrazine groups is 1. The van der Waals surface area contributed by atoms with Gasteiger partial charge in [0.25, 0.3) is 5.91 Å². The lowest BCUT2D eigenvalue weighted by atomic mass is 9.94. The van der Waals surface area contributed by atoms with Gasteiger partial charge in [0, 0.05) is 18.7 Å². The number of carbonyl (C=O) groups excluding carboxylic acids is 1. The van der Waals surface area contributed by atoms with E-state index in [0.717, 1.165) is 36.4 Å². The lowest BCUT2D eigenvalue weighted by molar-refractivity contribution is -0.0342. The van der Waals surface area contributed by atoms with Crippen LogP contribution in [0.5, 0.6) is 11.5 Å². The highest BCUT2D eigenvalue weighted by molar-refractivity contribution is 5.97. The first kappa shape index (κ1) is 13.9. The van der Waals surface area contributed by atoms with Crippen molar-refractivity contribution in [3.05, 3.63) is 23.3 Å². The molecule has 22 heavy (non-hydrogen) atoms. The molecule has 0 spiro atoms. The van der Waals surface area contributed by atoms with Gasteiger partial charge in [0.1, 0.15) is 0 Å². The highest BCUT2D eigenvalue weighted by atomic mass is 16.7. The maximum atomic E-state index is 13.0. The number of nitrogens with zero attached hydrogens (tertiary/aromatic N) is 2. The number of rotatable bonds is 1. The Balaban J connectivity index is 1.67. The van der Waals surface area contributed by atoms with Crippen LogP contribution in [0, 0.1) is 0 Å². The SMILES string of the molecule is CC1Cc2cc3c(cc2C(=O)N1N1CCCCCC1)OCO3. The monoisotopic (exact) mass is 302 g/mol. The first-order chi connectivity index (χ1) is 10.7. The topological polar surface area (TPSA) is 42.0 Å². The van der Waals surface area contributed by atoms with Gasteiger partial charge in [-0.05, 0) is 43.9 Å². The predicted octanol–water partition coefficient (Wildman–Crippen LogP) is 2.59. The molecule has 1 amide bonds. The largest absolute Gasteiger partial charge is 0.454 e. The van der Waals surface area contributed by atoms with Crippen LogP contribution in [0.1, 0.15) is 48.5 Å². The maximum Gasteiger partial charge on any atom is 0.268 e. The minimum absolute atomic E-state index is 0.106. The average molecular weight is 302 g/mol. The van der Waals surface area contributed by atoms with Crippen molar-refractivity contribution in [1.82, 2.24) is 10.0 Å². The van der Waals surface area contributed by atoms with Crippen LogP contribution in [-0.2, 0) is 6.42 Å². The molecule has 4 rings (SSSR count). The predicted molar refractivity (Wildman–Crippen MR) is 81.9 cm³/mol. The molecular formula is C17H22N2O3. The van der Waals surface area contributed by atoms with Gasteiger partial charge in [-0.15, -0.1) is 0 Å². The van der Waals surface area contributed by atoms with Crippen molar-refractivity contribution < 1.29 is 14.3 Å². The molecule has 118 valence electrons. The second-order valence-corrected chi connectivity index (χ2v) is 6.43.